The molecule has 1 aromatic heterocycles. The average Bonchev–Trinajstić information content (AvgIpc) is 2.44. The third-order valence-corrected chi connectivity index (χ3v) is 2.37. The largest absolute Gasteiger partial charge is 0.320 e. The van der Waals surface area contributed by atoms with E-state index in [4.69, 9.17) is 5.73 Å². The normalized spacial score (nSPS) is 11.5. The predicted octanol–water partition coefficient (Wildman–Crippen LogP) is 2.19. The summed E-state index contributed by atoms with van der Waals surface area (Å²) in [6.07, 6.45) is 0. The zero-order chi connectivity index (χ0) is 10.3. The third kappa shape index (κ3) is 1.98. The molecule has 0 unspecified atom stereocenters. The van der Waals surface area contributed by atoms with Crippen molar-refractivity contribution in [2.24, 2.45) is 12.8 Å². The first-order valence-corrected chi connectivity index (χ1v) is 4.71. The minimum absolute atomic E-state index is 0. The molecule has 2 aromatic rings. The summed E-state index contributed by atoms with van der Waals surface area (Å²) in [5, 5.41) is 5.59. The molecule has 1 heterocycles. The minimum Gasteiger partial charge on any atom is -0.320 e. The van der Waals surface area contributed by atoms with Crippen LogP contribution in [0.1, 0.15) is 19.5 Å². The van der Waals surface area contributed by atoms with E-state index in [9.17, 15) is 0 Å². The molecule has 1 aromatic carbocycles. The van der Waals surface area contributed by atoms with E-state index in [0.717, 1.165) is 16.6 Å². The number of benzene rings is 1. The number of nitrogens with two attached hydrogens (primary N) is 1. The molecule has 2 N–H and O–H groups in total. The van der Waals surface area contributed by atoms with Gasteiger partial charge in [0.15, 0.2) is 0 Å². The van der Waals surface area contributed by atoms with Crippen molar-refractivity contribution >= 4 is 23.3 Å². The number of hydrogen-bond donors (Lipinski definition) is 1. The summed E-state index contributed by atoms with van der Waals surface area (Å²) in [5.41, 5.74) is 7.75. The lowest BCUT2D eigenvalue weighted by atomic mass is 9.99. The second-order valence-electron chi connectivity index (χ2n) is 4.21. The fourth-order valence-corrected chi connectivity index (χ4v) is 1.69. The van der Waals surface area contributed by atoms with Crippen LogP contribution in [0, 0.1) is 0 Å². The highest BCUT2D eigenvalue weighted by atomic mass is 35.5. The topological polar surface area (TPSA) is 43.8 Å². The van der Waals surface area contributed by atoms with Crippen molar-refractivity contribution in [3.05, 3.63) is 30.0 Å². The maximum atomic E-state index is 6.06. The number of nitrogens with zero attached hydrogens (tertiary/aromatic N) is 2. The number of halogens is 1. The van der Waals surface area contributed by atoms with Crippen LogP contribution in [0.2, 0.25) is 0 Å². The summed E-state index contributed by atoms with van der Waals surface area (Å²) in [6, 6.07) is 8.14. The van der Waals surface area contributed by atoms with E-state index in [-0.39, 0.29) is 17.9 Å². The van der Waals surface area contributed by atoms with Gasteiger partial charge in [-0.05, 0) is 19.9 Å². The van der Waals surface area contributed by atoms with Crippen LogP contribution in [-0.4, -0.2) is 9.78 Å². The maximum absolute atomic E-state index is 6.06. The van der Waals surface area contributed by atoms with Crippen LogP contribution >= 0.6 is 12.4 Å². The third-order valence-electron chi connectivity index (χ3n) is 2.37. The summed E-state index contributed by atoms with van der Waals surface area (Å²) in [5.74, 6) is 0. The number of fused-ring (bicyclic) bond motifs is 1. The fourth-order valence-electron chi connectivity index (χ4n) is 1.69. The van der Waals surface area contributed by atoms with Crippen molar-refractivity contribution in [3.63, 3.8) is 0 Å². The average molecular weight is 226 g/mol. The van der Waals surface area contributed by atoms with Gasteiger partial charge in [-0.2, -0.15) is 5.10 Å². The molecule has 0 aliphatic rings. The zero-order valence-corrected chi connectivity index (χ0v) is 10.0. The first-order valence-electron chi connectivity index (χ1n) is 4.71. The molecule has 3 nitrogen and oxygen atoms in total. The van der Waals surface area contributed by atoms with Crippen molar-refractivity contribution in [2.45, 2.75) is 19.4 Å². The molecule has 0 aliphatic heterocycles. The van der Waals surface area contributed by atoms with E-state index in [1.54, 1.807) is 0 Å². The van der Waals surface area contributed by atoms with Crippen molar-refractivity contribution in [2.75, 3.05) is 0 Å². The van der Waals surface area contributed by atoms with E-state index in [1.807, 2.05) is 37.7 Å². The van der Waals surface area contributed by atoms with Crippen LogP contribution < -0.4 is 5.73 Å². The molecular weight excluding hydrogens is 210 g/mol. The molecule has 0 amide bonds. The summed E-state index contributed by atoms with van der Waals surface area (Å²) in [7, 11) is 1.94. The van der Waals surface area contributed by atoms with Crippen molar-refractivity contribution in [3.8, 4) is 0 Å². The van der Waals surface area contributed by atoms with Gasteiger partial charge in [0.05, 0.1) is 16.7 Å². The lowest BCUT2D eigenvalue weighted by Crippen LogP contribution is -2.29. The Morgan fingerprint density at radius 3 is 2.47 bits per heavy atom. The molecule has 0 atom stereocenters. The summed E-state index contributed by atoms with van der Waals surface area (Å²) in [4.78, 5) is 0. The molecular formula is C11H16ClN3. The summed E-state index contributed by atoms with van der Waals surface area (Å²) < 4.78 is 1.87. The van der Waals surface area contributed by atoms with E-state index in [2.05, 4.69) is 17.2 Å². The Morgan fingerprint density at radius 1 is 1.27 bits per heavy atom. The van der Waals surface area contributed by atoms with E-state index >= 15 is 0 Å². The number of para-hydroxylation sites is 1. The van der Waals surface area contributed by atoms with Crippen LogP contribution in [-0.2, 0) is 12.6 Å². The lowest BCUT2D eigenvalue weighted by Gasteiger charge is -2.15. The van der Waals surface area contributed by atoms with Crippen LogP contribution in [0.3, 0.4) is 0 Å². The Morgan fingerprint density at radius 2 is 1.87 bits per heavy atom. The Hall–Kier alpha value is -1.06. The van der Waals surface area contributed by atoms with Crippen LogP contribution in [0.15, 0.2) is 24.3 Å². The highest BCUT2D eigenvalue weighted by molar-refractivity contribution is 5.85. The Labute approximate surface area is 95.7 Å². The van der Waals surface area contributed by atoms with Crippen molar-refractivity contribution in [1.29, 1.82) is 0 Å². The standard InChI is InChI=1S/C11H15N3.ClH/c1-11(2,12)10-8-6-4-5-7-9(8)14(3)13-10;/h4-7H,12H2,1-3H3;1H. The minimum atomic E-state index is -0.388. The van der Waals surface area contributed by atoms with E-state index < -0.39 is 0 Å². The fraction of sp³-hybridized carbons (Fsp3) is 0.364. The summed E-state index contributed by atoms with van der Waals surface area (Å²) in [6.45, 7) is 3.95. The monoisotopic (exact) mass is 225 g/mol. The second kappa shape index (κ2) is 3.83. The Kier molecular flexibility index (Phi) is 3.07. The molecule has 0 saturated carbocycles. The molecule has 0 fully saturated rings. The van der Waals surface area contributed by atoms with Gasteiger partial charge in [-0.25, -0.2) is 0 Å². The van der Waals surface area contributed by atoms with Gasteiger partial charge < -0.3 is 5.73 Å². The van der Waals surface area contributed by atoms with Gasteiger partial charge in [0.25, 0.3) is 0 Å². The van der Waals surface area contributed by atoms with Crippen molar-refractivity contribution < 1.29 is 0 Å². The maximum Gasteiger partial charge on any atom is 0.0896 e. The van der Waals surface area contributed by atoms with E-state index in [0.29, 0.717) is 0 Å². The van der Waals surface area contributed by atoms with Gasteiger partial charge in [0.1, 0.15) is 0 Å². The highest BCUT2D eigenvalue weighted by Gasteiger charge is 2.21. The van der Waals surface area contributed by atoms with Crippen LogP contribution in [0.4, 0.5) is 0 Å². The molecule has 0 spiro atoms. The van der Waals surface area contributed by atoms with Crippen LogP contribution in [0.5, 0.6) is 0 Å². The van der Waals surface area contributed by atoms with Gasteiger partial charge in [0.2, 0.25) is 0 Å². The number of hydrogen-bond acceptors (Lipinski definition) is 2. The Balaban J connectivity index is 0.00000112. The molecule has 0 saturated heterocycles. The summed E-state index contributed by atoms with van der Waals surface area (Å²) >= 11 is 0. The smallest absolute Gasteiger partial charge is 0.0896 e. The Bertz CT molecular complexity index is 468. The molecule has 2 rings (SSSR count). The quantitative estimate of drug-likeness (QED) is 0.809. The van der Waals surface area contributed by atoms with Gasteiger partial charge in [0, 0.05) is 12.4 Å². The molecule has 4 heteroatoms. The first-order chi connectivity index (χ1) is 6.50. The van der Waals surface area contributed by atoms with Gasteiger partial charge >= 0.3 is 0 Å². The van der Waals surface area contributed by atoms with Gasteiger partial charge in [-0.3, -0.25) is 4.68 Å². The molecule has 0 aliphatic carbocycles. The van der Waals surface area contributed by atoms with Crippen molar-refractivity contribution in [1.82, 2.24) is 9.78 Å². The predicted molar refractivity (Wildman–Crippen MR) is 65.2 cm³/mol. The number of aryl methyl sites for hydroxylation is 1. The first kappa shape index (κ1) is 12.0. The number of aromatic nitrogens is 2. The lowest BCUT2D eigenvalue weighted by molar-refractivity contribution is 0.527. The molecule has 0 radical (unpaired) electrons. The van der Waals surface area contributed by atoms with Gasteiger partial charge in [-0.15, -0.1) is 12.4 Å². The highest BCUT2D eigenvalue weighted by Crippen LogP contribution is 2.24. The van der Waals surface area contributed by atoms with Gasteiger partial charge in [-0.1, -0.05) is 18.2 Å². The second-order valence-corrected chi connectivity index (χ2v) is 4.21. The zero-order valence-electron chi connectivity index (χ0n) is 9.19. The molecule has 82 valence electrons. The molecule has 15 heavy (non-hydrogen) atoms. The molecule has 0 bridgehead atoms. The van der Waals surface area contributed by atoms with Crippen LogP contribution in [0.25, 0.3) is 10.9 Å². The van der Waals surface area contributed by atoms with E-state index in [1.165, 1.54) is 0 Å². The number of rotatable bonds is 1. The SMILES string of the molecule is Cl.Cn1nc(C(C)(C)N)c2ccccc21.